The number of ether oxygens (including phenoxy) is 1. The summed E-state index contributed by atoms with van der Waals surface area (Å²) in [5.74, 6) is 0.205. The Morgan fingerprint density at radius 1 is 1.00 bits per heavy atom. The molecule has 2 fully saturated rings. The summed E-state index contributed by atoms with van der Waals surface area (Å²) in [7, 11) is 4.06. The molecule has 0 bridgehead atoms. The minimum Gasteiger partial charge on any atom is -0.444 e. The fourth-order valence-electron chi connectivity index (χ4n) is 4.91. The van der Waals surface area contributed by atoms with E-state index in [9.17, 15) is 9.59 Å². The van der Waals surface area contributed by atoms with Crippen LogP contribution >= 0.6 is 0 Å². The molecule has 2 unspecified atom stereocenters. The summed E-state index contributed by atoms with van der Waals surface area (Å²) in [4.78, 5) is 32.8. The Hall–Kier alpha value is -1.30. The van der Waals surface area contributed by atoms with Crippen molar-refractivity contribution in [1.29, 1.82) is 0 Å². The Morgan fingerprint density at radius 3 is 2.00 bits per heavy atom. The zero-order chi connectivity index (χ0) is 23.8. The number of nitrogens with zero attached hydrogens (tertiary/aromatic N) is 3. The van der Waals surface area contributed by atoms with E-state index < -0.39 is 11.0 Å². The summed E-state index contributed by atoms with van der Waals surface area (Å²) >= 11 is 0. The number of likely N-dealkylation sites (N-methyl/N-ethyl adjacent to an activating group) is 1. The van der Waals surface area contributed by atoms with Gasteiger partial charge in [-0.1, -0.05) is 34.6 Å². The number of hydrogen-bond donors (Lipinski definition) is 0. The third-order valence-electron chi connectivity index (χ3n) is 6.57. The third kappa shape index (κ3) is 7.10. The van der Waals surface area contributed by atoms with Crippen LogP contribution in [-0.2, 0) is 9.53 Å². The molecule has 2 rings (SSSR count). The van der Waals surface area contributed by atoms with Gasteiger partial charge in [-0.05, 0) is 72.4 Å². The molecule has 6 heteroatoms. The van der Waals surface area contributed by atoms with Gasteiger partial charge in [0.1, 0.15) is 5.60 Å². The molecule has 2 atom stereocenters. The summed E-state index contributed by atoms with van der Waals surface area (Å²) in [6.45, 7) is 17.7. The molecule has 0 aromatic heterocycles. The van der Waals surface area contributed by atoms with Crippen LogP contribution in [0.25, 0.3) is 0 Å². The highest BCUT2D eigenvalue weighted by Crippen LogP contribution is 2.40. The number of amides is 2. The highest BCUT2D eigenvalue weighted by Gasteiger charge is 2.46. The van der Waals surface area contributed by atoms with E-state index in [1.54, 1.807) is 0 Å². The second-order valence-corrected chi connectivity index (χ2v) is 12.8. The van der Waals surface area contributed by atoms with Gasteiger partial charge in [0.15, 0.2) is 0 Å². The van der Waals surface area contributed by atoms with Gasteiger partial charge in [-0.25, -0.2) is 4.79 Å². The third-order valence-corrected chi connectivity index (χ3v) is 6.57. The zero-order valence-electron chi connectivity index (χ0n) is 21.7. The molecule has 0 radical (unpaired) electrons. The fourth-order valence-corrected chi connectivity index (χ4v) is 4.91. The predicted molar refractivity (Wildman–Crippen MR) is 126 cm³/mol. The number of likely N-dealkylation sites (tertiary alicyclic amines) is 1. The number of carbonyl (C=O) groups is 2. The molecule has 1 saturated carbocycles. The molecule has 2 aliphatic rings. The van der Waals surface area contributed by atoms with Crippen LogP contribution in [0.2, 0.25) is 0 Å². The molecule has 180 valence electrons. The van der Waals surface area contributed by atoms with Crippen LogP contribution in [0.1, 0.15) is 87.5 Å². The zero-order valence-corrected chi connectivity index (χ0v) is 21.7. The van der Waals surface area contributed by atoms with Gasteiger partial charge in [0.25, 0.3) is 0 Å². The monoisotopic (exact) mass is 437 g/mol. The van der Waals surface area contributed by atoms with Crippen molar-refractivity contribution in [3.05, 3.63) is 0 Å². The van der Waals surface area contributed by atoms with Gasteiger partial charge in [0.05, 0.1) is 6.04 Å². The molecular formula is C25H47N3O3. The molecule has 0 aromatic carbocycles. The quantitative estimate of drug-likeness (QED) is 0.636. The lowest BCUT2D eigenvalue weighted by Gasteiger charge is -2.45. The number of hydrogen-bond acceptors (Lipinski definition) is 4. The lowest BCUT2D eigenvalue weighted by atomic mass is 9.74. The Balaban J connectivity index is 2.30. The molecule has 6 nitrogen and oxygen atoms in total. The molecule has 1 aliphatic heterocycles. The van der Waals surface area contributed by atoms with Gasteiger partial charge in [0, 0.05) is 30.6 Å². The van der Waals surface area contributed by atoms with Gasteiger partial charge >= 0.3 is 6.09 Å². The minimum absolute atomic E-state index is 0.0374. The van der Waals surface area contributed by atoms with Crippen molar-refractivity contribution < 1.29 is 14.3 Å². The van der Waals surface area contributed by atoms with Crippen LogP contribution in [0.15, 0.2) is 0 Å². The summed E-state index contributed by atoms with van der Waals surface area (Å²) in [6, 6.07) is 0.337. The summed E-state index contributed by atoms with van der Waals surface area (Å²) in [5.41, 5.74) is -0.629. The molecular weight excluding hydrogens is 390 g/mol. The smallest absolute Gasteiger partial charge is 0.410 e. The Kier molecular flexibility index (Phi) is 7.77. The van der Waals surface area contributed by atoms with Gasteiger partial charge in [0.2, 0.25) is 5.91 Å². The second kappa shape index (κ2) is 9.29. The van der Waals surface area contributed by atoms with Crippen LogP contribution < -0.4 is 0 Å². The average molecular weight is 438 g/mol. The van der Waals surface area contributed by atoms with Gasteiger partial charge < -0.3 is 19.4 Å². The molecule has 31 heavy (non-hydrogen) atoms. The summed E-state index contributed by atoms with van der Waals surface area (Å²) < 4.78 is 5.73. The molecule has 1 aliphatic carbocycles. The lowest BCUT2D eigenvalue weighted by Crippen LogP contribution is -2.53. The summed E-state index contributed by atoms with van der Waals surface area (Å²) in [6.07, 6.45) is 4.88. The van der Waals surface area contributed by atoms with Crippen LogP contribution in [0, 0.1) is 10.8 Å². The normalized spacial score (nSPS) is 25.1. The Morgan fingerprint density at radius 2 is 1.55 bits per heavy atom. The minimum atomic E-state index is -0.534. The van der Waals surface area contributed by atoms with E-state index in [2.05, 4.69) is 23.6 Å². The van der Waals surface area contributed by atoms with E-state index in [4.69, 9.17) is 4.74 Å². The maximum atomic E-state index is 13.6. The molecule has 0 N–H and O–H groups in total. The molecule has 0 aromatic rings. The van der Waals surface area contributed by atoms with E-state index in [0.717, 1.165) is 38.6 Å². The Labute approximate surface area is 190 Å². The maximum absolute atomic E-state index is 13.6. The molecule has 1 heterocycles. The highest BCUT2D eigenvalue weighted by atomic mass is 16.6. The van der Waals surface area contributed by atoms with Crippen LogP contribution in [0.3, 0.4) is 0 Å². The van der Waals surface area contributed by atoms with Gasteiger partial charge in [-0.2, -0.15) is 0 Å². The topological polar surface area (TPSA) is 53.1 Å². The SMILES string of the molecule is CN(C)CC1CC(N(C(=O)C(C)(C)C)C2CCC(C)(C)CC2)CN1C(=O)OC(C)(C)C. The first-order chi connectivity index (χ1) is 14.0. The van der Waals surface area contributed by atoms with E-state index >= 15 is 0 Å². The highest BCUT2D eigenvalue weighted by molar-refractivity contribution is 5.82. The van der Waals surface area contributed by atoms with Crippen LogP contribution in [0.4, 0.5) is 4.79 Å². The molecule has 1 saturated heterocycles. The van der Waals surface area contributed by atoms with E-state index in [1.165, 1.54) is 0 Å². The van der Waals surface area contributed by atoms with E-state index in [0.29, 0.717) is 12.0 Å². The average Bonchev–Trinajstić information content (AvgIpc) is 2.97. The number of carbonyl (C=O) groups excluding carboxylic acids is 2. The van der Waals surface area contributed by atoms with Crippen molar-refractivity contribution in [2.75, 3.05) is 27.2 Å². The first-order valence-corrected chi connectivity index (χ1v) is 12.0. The van der Waals surface area contributed by atoms with Crippen molar-refractivity contribution in [1.82, 2.24) is 14.7 Å². The van der Waals surface area contributed by atoms with E-state index in [-0.39, 0.29) is 30.1 Å². The van der Waals surface area contributed by atoms with Gasteiger partial charge in [-0.15, -0.1) is 0 Å². The number of rotatable bonds is 4. The molecule has 2 amide bonds. The largest absolute Gasteiger partial charge is 0.444 e. The van der Waals surface area contributed by atoms with Crippen molar-refractivity contribution in [3.8, 4) is 0 Å². The van der Waals surface area contributed by atoms with Crippen molar-refractivity contribution >= 4 is 12.0 Å². The predicted octanol–water partition coefficient (Wildman–Crippen LogP) is 4.77. The Bertz CT molecular complexity index is 635. The van der Waals surface area contributed by atoms with Crippen molar-refractivity contribution in [3.63, 3.8) is 0 Å². The van der Waals surface area contributed by atoms with Crippen LogP contribution in [0.5, 0.6) is 0 Å². The van der Waals surface area contributed by atoms with Gasteiger partial charge in [-0.3, -0.25) is 4.79 Å². The first kappa shape index (κ1) is 26.0. The van der Waals surface area contributed by atoms with Crippen molar-refractivity contribution in [2.45, 2.75) is 111 Å². The first-order valence-electron chi connectivity index (χ1n) is 12.0. The van der Waals surface area contributed by atoms with E-state index in [1.807, 2.05) is 60.5 Å². The lowest BCUT2D eigenvalue weighted by molar-refractivity contribution is -0.146. The standard InChI is InChI=1S/C25H47N3O3/c1-23(2,3)21(29)28(18-11-13-25(7,8)14-12-18)20-15-19(16-26(9)10)27(17-20)22(30)31-24(4,5)6/h18-20H,11-17H2,1-10H3. The summed E-state index contributed by atoms with van der Waals surface area (Å²) in [5, 5.41) is 0. The van der Waals surface area contributed by atoms with Crippen molar-refractivity contribution in [2.24, 2.45) is 10.8 Å². The maximum Gasteiger partial charge on any atom is 0.410 e. The van der Waals surface area contributed by atoms with Crippen LogP contribution in [-0.4, -0.2) is 77.6 Å². The second-order valence-electron chi connectivity index (χ2n) is 12.8. The molecule has 0 spiro atoms. The fraction of sp³-hybridized carbons (Fsp3) is 0.920.